The number of piperidine rings is 1. The van der Waals surface area contributed by atoms with Crippen LogP contribution >= 0.6 is 11.6 Å². The van der Waals surface area contributed by atoms with Gasteiger partial charge in [0.1, 0.15) is 0 Å². The van der Waals surface area contributed by atoms with Gasteiger partial charge in [0, 0.05) is 24.0 Å². The van der Waals surface area contributed by atoms with Gasteiger partial charge in [-0.25, -0.2) is 0 Å². The normalized spacial score (nSPS) is 31.4. The number of aliphatic hydroxyl groups excluding tert-OH is 1. The zero-order chi connectivity index (χ0) is 16.7. The monoisotopic (exact) mass is 347 g/mol. The Balaban J connectivity index is 1.33. The average molecular weight is 348 g/mol. The summed E-state index contributed by atoms with van der Waals surface area (Å²) in [6.45, 7) is 1.59. The molecular weight excluding hydrogens is 322 g/mol. The molecule has 4 atom stereocenters. The maximum absolute atomic E-state index is 12.8. The van der Waals surface area contributed by atoms with E-state index in [-0.39, 0.29) is 5.92 Å². The molecule has 24 heavy (non-hydrogen) atoms. The van der Waals surface area contributed by atoms with Crippen molar-refractivity contribution in [3.05, 3.63) is 34.9 Å². The highest BCUT2D eigenvalue weighted by Gasteiger charge is 2.44. The number of benzene rings is 1. The van der Waals surface area contributed by atoms with Crippen LogP contribution in [0.25, 0.3) is 0 Å². The number of amides is 1. The molecule has 2 bridgehead atoms. The zero-order valence-corrected chi connectivity index (χ0v) is 14.8. The number of halogens is 1. The van der Waals surface area contributed by atoms with Crippen molar-refractivity contribution in [2.24, 2.45) is 23.7 Å². The van der Waals surface area contributed by atoms with Crippen molar-refractivity contribution in [1.29, 1.82) is 0 Å². The maximum Gasteiger partial charge on any atom is 0.225 e. The van der Waals surface area contributed by atoms with Crippen LogP contribution in [0.15, 0.2) is 24.3 Å². The first kappa shape index (κ1) is 16.4. The predicted molar refractivity (Wildman–Crippen MR) is 94.7 cm³/mol. The molecule has 0 radical (unpaired) electrons. The number of carbonyl (C=O) groups is 1. The summed E-state index contributed by atoms with van der Waals surface area (Å²) in [5.41, 5.74) is 0.928. The number of aliphatic hydroxyl groups is 1. The van der Waals surface area contributed by atoms with Crippen LogP contribution in [0.5, 0.6) is 0 Å². The number of carbonyl (C=O) groups excluding carboxylic acids is 1. The topological polar surface area (TPSA) is 40.5 Å². The molecule has 2 aliphatic carbocycles. The third-order valence-corrected chi connectivity index (χ3v) is 6.82. The highest BCUT2D eigenvalue weighted by molar-refractivity contribution is 6.30. The van der Waals surface area contributed by atoms with E-state index in [9.17, 15) is 9.90 Å². The summed E-state index contributed by atoms with van der Waals surface area (Å²) in [7, 11) is 0. The van der Waals surface area contributed by atoms with E-state index in [1.165, 1.54) is 19.3 Å². The molecular formula is C20H26ClNO2. The van der Waals surface area contributed by atoms with Gasteiger partial charge in [-0.05, 0) is 67.6 Å². The Labute approximate surface area is 149 Å². The van der Waals surface area contributed by atoms with Crippen molar-refractivity contribution in [3.63, 3.8) is 0 Å². The second-order valence-corrected chi connectivity index (χ2v) is 8.38. The third kappa shape index (κ3) is 3.09. The van der Waals surface area contributed by atoms with E-state index in [0.717, 1.165) is 43.8 Å². The molecule has 4 heteroatoms. The third-order valence-electron chi connectivity index (χ3n) is 6.56. The van der Waals surface area contributed by atoms with E-state index in [4.69, 9.17) is 11.6 Å². The highest BCUT2D eigenvalue weighted by atomic mass is 35.5. The second-order valence-electron chi connectivity index (χ2n) is 7.94. The van der Waals surface area contributed by atoms with Gasteiger partial charge in [-0.2, -0.15) is 0 Å². The Hall–Kier alpha value is -1.06. The molecule has 0 aromatic heterocycles. The molecule has 1 aromatic rings. The molecule has 1 amide bonds. The van der Waals surface area contributed by atoms with Crippen LogP contribution in [0, 0.1) is 23.7 Å². The fourth-order valence-electron chi connectivity index (χ4n) is 5.15. The number of likely N-dealkylation sites (tertiary alicyclic amines) is 1. The van der Waals surface area contributed by atoms with Crippen LogP contribution < -0.4 is 0 Å². The van der Waals surface area contributed by atoms with Gasteiger partial charge in [0.15, 0.2) is 0 Å². The molecule has 3 nitrogen and oxygen atoms in total. The first-order valence-corrected chi connectivity index (χ1v) is 9.72. The number of hydrogen-bond donors (Lipinski definition) is 1. The summed E-state index contributed by atoms with van der Waals surface area (Å²) >= 11 is 5.92. The summed E-state index contributed by atoms with van der Waals surface area (Å²) in [5, 5.41) is 11.3. The Morgan fingerprint density at radius 3 is 2.38 bits per heavy atom. The largest absolute Gasteiger partial charge is 0.388 e. The number of fused-ring (bicyclic) bond motifs is 2. The Bertz CT molecular complexity index is 594. The van der Waals surface area contributed by atoms with Crippen LogP contribution in [-0.4, -0.2) is 29.0 Å². The van der Waals surface area contributed by atoms with Gasteiger partial charge in [-0.1, -0.05) is 30.2 Å². The maximum atomic E-state index is 12.8. The molecule has 3 fully saturated rings. The van der Waals surface area contributed by atoms with Crippen LogP contribution in [0.3, 0.4) is 0 Å². The molecule has 1 aliphatic heterocycles. The molecule has 0 spiro atoms. The Kier molecular flexibility index (Phi) is 4.57. The lowest BCUT2D eigenvalue weighted by molar-refractivity contribution is -0.139. The first-order chi connectivity index (χ1) is 11.6. The fourth-order valence-corrected chi connectivity index (χ4v) is 5.28. The van der Waals surface area contributed by atoms with Crippen LogP contribution in [0.4, 0.5) is 0 Å². The quantitative estimate of drug-likeness (QED) is 0.896. The minimum absolute atomic E-state index is 0.232. The number of nitrogens with zero attached hydrogens (tertiary/aromatic N) is 1. The summed E-state index contributed by atoms with van der Waals surface area (Å²) < 4.78 is 0. The molecule has 4 unspecified atom stereocenters. The molecule has 3 aliphatic rings. The van der Waals surface area contributed by atoms with Crippen molar-refractivity contribution in [1.82, 2.24) is 4.90 Å². The van der Waals surface area contributed by atoms with Crippen LogP contribution in [0.2, 0.25) is 5.02 Å². The van der Waals surface area contributed by atoms with E-state index >= 15 is 0 Å². The molecule has 2 saturated carbocycles. The number of hydrogen-bond acceptors (Lipinski definition) is 2. The minimum Gasteiger partial charge on any atom is -0.388 e. The minimum atomic E-state index is -0.456. The van der Waals surface area contributed by atoms with Crippen LogP contribution in [-0.2, 0) is 4.79 Å². The molecule has 130 valence electrons. The molecule has 1 heterocycles. The standard InChI is InChI=1S/C20H26ClNO2/c21-17-5-3-14(4-6-17)19(23)15-7-9-22(10-8-15)20(24)18-12-13-1-2-16(18)11-13/h3-6,13,15-16,18-19,23H,1-2,7-12H2. The van der Waals surface area contributed by atoms with Crippen molar-refractivity contribution < 1.29 is 9.90 Å². The molecule has 4 rings (SSSR count). The van der Waals surface area contributed by atoms with Gasteiger partial charge in [0.2, 0.25) is 5.91 Å². The lowest BCUT2D eigenvalue weighted by atomic mass is 9.85. The van der Waals surface area contributed by atoms with Gasteiger partial charge < -0.3 is 10.0 Å². The van der Waals surface area contributed by atoms with Gasteiger partial charge in [-0.15, -0.1) is 0 Å². The summed E-state index contributed by atoms with van der Waals surface area (Å²) in [4.78, 5) is 14.9. The SMILES string of the molecule is O=C(C1CC2CCC1C2)N1CCC(C(O)c2ccc(Cl)cc2)CC1. The summed E-state index contributed by atoms with van der Waals surface area (Å²) in [5.74, 6) is 2.38. The van der Waals surface area contributed by atoms with Gasteiger partial charge in [-0.3, -0.25) is 4.79 Å². The highest BCUT2D eigenvalue weighted by Crippen LogP contribution is 2.49. The van der Waals surface area contributed by atoms with E-state index in [2.05, 4.69) is 4.90 Å². The van der Waals surface area contributed by atoms with Crippen molar-refractivity contribution in [3.8, 4) is 0 Å². The van der Waals surface area contributed by atoms with Crippen molar-refractivity contribution in [2.75, 3.05) is 13.1 Å². The van der Waals surface area contributed by atoms with Gasteiger partial charge in [0.25, 0.3) is 0 Å². The summed E-state index contributed by atoms with van der Waals surface area (Å²) in [6, 6.07) is 7.46. The molecule has 1 N–H and O–H groups in total. The molecule has 1 saturated heterocycles. The van der Waals surface area contributed by atoms with E-state index in [1.807, 2.05) is 24.3 Å². The van der Waals surface area contributed by atoms with Crippen molar-refractivity contribution >= 4 is 17.5 Å². The fraction of sp³-hybridized carbons (Fsp3) is 0.650. The van der Waals surface area contributed by atoms with E-state index < -0.39 is 6.10 Å². The molecule has 1 aromatic carbocycles. The lowest BCUT2D eigenvalue weighted by Gasteiger charge is -2.37. The van der Waals surface area contributed by atoms with E-state index in [0.29, 0.717) is 22.8 Å². The number of rotatable bonds is 3. The van der Waals surface area contributed by atoms with E-state index in [1.54, 1.807) is 0 Å². The second kappa shape index (κ2) is 6.68. The van der Waals surface area contributed by atoms with Crippen LogP contribution in [0.1, 0.15) is 50.2 Å². The first-order valence-electron chi connectivity index (χ1n) is 9.34. The Morgan fingerprint density at radius 2 is 1.79 bits per heavy atom. The van der Waals surface area contributed by atoms with Gasteiger partial charge >= 0.3 is 0 Å². The predicted octanol–water partition coefficient (Wildman–Crippen LogP) is 4.05. The summed E-state index contributed by atoms with van der Waals surface area (Å²) in [6.07, 6.45) is 6.31. The Morgan fingerprint density at radius 1 is 1.08 bits per heavy atom. The van der Waals surface area contributed by atoms with Gasteiger partial charge in [0.05, 0.1) is 6.10 Å². The lowest BCUT2D eigenvalue weighted by Crippen LogP contribution is -2.43. The average Bonchev–Trinajstić information content (AvgIpc) is 3.25. The van der Waals surface area contributed by atoms with Crippen molar-refractivity contribution in [2.45, 2.75) is 44.6 Å². The zero-order valence-electron chi connectivity index (χ0n) is 14.0. The smallest absolute Gasteiger partial charge is 0.225 e.